The fraction of sp³-hybridized carbons (Fsp3) is 1.00. The second kappa shape index (κ2) is 5.86. The lowest BCUT2D eigenvalue weighted by molar-refractivity contribution is 0.129. The Bertz CT molecular complexity index is 179. The van der Waals surface area contributed by atoms with Crippen LogP contribution in [0, 0.1) is 17.8 Å². The molecule has 2 heteroatoms. The third kappa shape index (κ3) is 4.52. The van der Waals surface area contributed by atoms with Crippen molar-refractivity contribution in [1.29, 1.82) is 0 Å². The second-order valence-corrected chi connectivity index (χ2v) is 5.89. The molecule has 0 aliphatic carbocycles. The molecule has 1 fully saturated rings. The highest BCUT2D eigenvalue weighted by molar-refractivity contribution is 4.78. The van der Waals surface area contributed by atoms with E-state index in [4.69, 9.17) is 5.73 Å². The first-order valence-electron chi connectivity index (χ1n) is 6.47. The molecule has 0 aromatic rings. The summed E-state index contributed by atoms with van der Waals surface area (Å²) in [6.45, 7) is 12.8. The quantitative estimate of drug-likeness (QED) is 0.775. The van der Waals surface area contributed by atoms with Gasteiger partial charge in [0.2, 0.25) is 0 Å². The monoisotopic (exact) mass is 212 g/mol. The summed E-state index contributed by atoms with van der Waals surface area (Å²) in [6.07, 6.45) is 2.50. The van der Waals surface area contributed by atoms with Gasteiger partial charge in [0.25, 0.3) is 0 Å². The van der Waals surface area contributed by atoms with E-state index in [1.165, 1.54) is 19.5 Å². The Balaban J connectivity index is 2.27. The van der Waals surface area contributed by atoms with Crippen molar-refractivity contribution in [3.63, 3.8) is 0 Å². The molecule has 0 aromatic heterocycles. The van der Waals surface area contributed by atoms with Crippen molar-refractivity contribution < 1.29 is 0 Å². The van der Waals surface area contributed by atoms with Crippen LogP contribution in [-0.4, -0.2) is 30.6 Å². The van der Waals surface area contributed by atoms with Crippen LogP contribution in [0.15, 0.2) is 0 Å². The van der Waals surface area contributed by atoms with E-state index in [2.05, 4.69) is 32.6 Å². The van der Waals surface area contributed by atoms with Gasteiger partial charge >= 0.3 is 0 Å². The maximum absolute atomic E-state index is 6.14. The maximum atomic E-state index is 6.14. The molecule has 1 aliphatic rings. The van der Waals surface area contributed by atoms with Gasteiger partial charge in [0.1, 0.15) is 0 Å². The van der Waals surface area contributed by atoms with Gasteiger partial charge in [0, 0.05) is 19.1 Å². The number of hydrogen-bond donors (Lipinski definition) is 1. The lowest BCUT2D eigenvalue weighted by Gasteiger charge is -2.36. The summed E-state index contributed by atoms with van der Waals surface area (Å²) < 4.78 is 0. The summed E-state index contributed by atoms with van der Waals surface area (Å²) in [5.41, 5.74) is 6.14. The van der Waals surface area contributed by atoms with Gasteiger partial charge < -0.3 is 10.6 Å². The molecule has 2 N–H and O–H groups in total. The van der Waals surface area contributed by atoms with Crippen LogP contribution in [0.1, 0.15) is 40.5 Å². The molecule has 1 rings (SSSR count). The minimum absolute atomic E-state index is 0.366. The molecule has 15 heavy (non-hydrogen) atoms. The Labute approximate surface area is 95.2 Å². The highest BCUT2D eigenvalue weighted by atomic mass is 15.1. The average Bonchev–Trinajstić information content (AvgIpc) is 2.10. The molecule has 0 spiro atoms. The number of nitrogens with two attached hydrogens (primary N) is 1. The maximum Gasteiger partial charge on any atom is 0.0170 e. The third-order valence-electron chi connectivity index (χ3n) is 3.69. The topological polar surface area (TPSA) is 29.3 Å². The van der Waals surface area contributed by atoms with Crippen LogP contribution in [-0.2, 0) is 0 Å². The Morgan fingerprint density at radius 3 is 2.47 bits per heavy atom. The molecular weight excluding hydrogens is 184 g/mol. The summed E-state index contributed by atoms with van der Waals surface area (Å²) in [4.78, 5) is 2.55. The van der Waals surface area contributed by atoms with Crippen molar-refractivity contribution in [2.75, 3.05) is 19.6 Å². The van der Waals surface area contributed by atoms with Gasteiger partial charge in [-0.15, -0.1) is 0 Å². The van der Waals surface area contributed by atoms with Crippen LogP contribution in [0.2, 0.25) is 0 Å². The molecule has 0 amide bonds. The highest BCUT2D eigenvalue weighted by Gasteiger charge is 2.23. The normalized spacial score (nSPS) is 30.8. The summed E-state index contributed by atoms with van der Waals surface area (Å²) in [7, 11) is 0. The van der Waals surface area contributed by atoms with E-state index in [0.29, 0.717) is 6.04 Å². The van der Waals surface area contributed by atoms with Crippen molar-refractivity contribution in [1.82, 2.24) is 4.90 Å². The van der Waals surface area contributed by atoms with Crippen LogP contribution in [0.25, 0.3) is 0 Å². The lowest BCUT2D eigenvalue weighted by Crippen LogP contribution is -2.45. The molecule has 1 heterocycles. The predicted octanol–water partition coefficient (Wildman–Crippen LogP) is 2.34. The summed E-state index contributed by atoms with van der Waals surface area (Å²) in [6, 6.07) is 0.366. The molecule has 0 saturated carbocycles. The average molecular weight is 212 g/mol. The van der Waals surface area contributed by atoms with E-state index in [-0.39, 0.29) is 0 Å². The molecule has 1 saturated heterocycles. The summed E-state index contributed by atoms with van der Waals surface area (Å²) >= 11 is 0. The molecular formula is C13H28N2. The molecule has 1 aliphatic heterocycles. The van der Waals surface area contributed by atoms with Gasteiger partial charge in [-0.1, -0.05) is 27.7 Å². The fourth-order valence-electron chi connectivity index (χ4n) is 2.53. The molecule has 2 nitrogen and oxygen atoms in total. The molecule has 3 atom stereocenters. The molecule has 0 bridgehead atoms. The number of likely N-dealkylation sites (tertiary alicyclic amines) is 1. The number of rotatable bonds is 4. The van der Waals surface area contributed by atoms with Crippen molar-refractivity contribution in [3.05, 3.63) is 0 Å². The van der Waals surface area contributed by atoms with Gasteiger partial charge in [-0.05, 0) is 37.1 Å². The summed E-state index contributed by atoms with van der Waals surface area (Å²) in [5.74, 6) is 2.45. The Morgan fingerprint density at radius 2 is 1.93 bits per heavy atom. The van der Waals surface area contributed by atoms with E-state index in [0.717, 1.165) is 30.7 Å². The van der Waals surface area contributed by atoms with E-state index in [9.17, 15) is 0 Å². The van der Waals surface area contributed by atoms with Gasteiger partial charge in [0.15, 0.2) is 0 Å². The first-order valence-corrected chi connectivity index (χ1v) is 6.47. The number of hydrogen-bond acceptors (Lipinski definition) is 2. The van der Waals surface area contributed by atoms with Crippen molar-refractivity contribution in [2.24, 2.45) is 23.5 Å². The van der Waals surface area contributed by atoms with Gasteiger partial charge in [-0.2, -0.15) is 0 Å². The number of piperidine rings is 1. The van der Waals surface area contributed by atoms with Crippen molar-refractivity contribution in [3.8, 4) is 0 Å². The number of nitrogens with zero attached hydrogens (tertiary/aromatic N) is 1. The third-order valence-corrected chi connectivity index (χ3v) is 3.69. The van der Waals surface area contributed by atoms with Gasteiger partial charge in [0.05, 0.1) is 0 Å². The Morgan fingerprint density at radius 1 is 1.27 bits per heavy atom. The smallest absolute Gasteiger partial charge is 0.0170 e. The molecule has 3 unspecified atom stereocenters. The predicted molar refractivity (Wildman–Crippen MR) is 66.8 cm³/mol. The molecule has 0 aromatic carbocycles. The molecule has 0 radical (unpaired) electrons. The molecule has 90 valence electrons. The zero-order valence-corrected chi connectivity index (χ0v) is 10.9. The van der Waals surface area contributed by atoms with Crippen LogP contribution in [0.3, 0.4) is 0 Å². The van der Waals surface area contributed by atoms with Crippen LogP contribution < -0.4 is 5.73 Å². The Kier molecular flexibility index (Phi) is 5.07. The van der Waals surface area contributed by atoms with E-state index in [1.54, 1.807) is 0 Å². The van der Waals surface area contributed by atoms with Crippen LogP contribution in [0.5, 0.6) is 0 Å². The Hall–Kier alpha value is -0.0800. The highest BCUT2D eigenvalue weighted by Crippen LogP contribution is 2.22. The van der Waals surface area contributed by atoms with Crippen molar-refractivity contribution in [2.45, 2.75) is 46.6 Å². The SMILES string of the molecule is CC(C)CC(N)CN1CCC(C)C(C)C1. The zero-order valence-electron chi connectivity index (χ0n) is 10.9. The van der Waals surface area contributed by atoms with Gasteiger partial charge in [-0.3, -0.25) is 0 Å². The summed E-state index contributed by atoms with van der Waals surface area (Å²) in [5, 5.41) is 0. The first kappa shape index (κ1) is 13.0. The first-order chi connectivity index (χ1) is 6.99. The van der Waals surface area contributed by atoms with Gasteiger partial charge in [-0.25, -0.2) is 0 Å². The largest absolute Gasteiger partial charge is 0.327 e. The van der Waals surface area contributed by atoms with E-state index in [1.807, 2.05) is 0 Å². The van der Waals surface area contributed by atoms with Crippen LogP contribution in [0.4, 0.5) is 0 Å². The minimum Gasteiger partial charge on any atom is -0.327 e. The second-order valence-electron chi connectivity index (χ2n) is 5.89. The van der Waals surface area contributed by atoms with Crippen LogP contribution >= 0.6 is 0 Å². The fourth-order valence-corrected chi connectivity index (χ4v) is 2.53. The minimum atomic E-state index is 0.366. The van der Waals surface area contributed by atoms with E-state index >= 15 is 0 Å². The standard InChI is InChI=1S/C13H28N2/c1-10(2)7-13(14)9-15-6-5-11(3)12(4)8-15/h10-13H,5-9,14H2,1-4H3. The van der Waals surface area contributed by atoms with Crippen molar-refractivity contribution >= 4 is 0 Å². The zero-order chi connectivity index (χ0) is 11.4. The lowest BCUT2D eigenvalue weighted by atomic mass is 9.88. The van der Waals surface area contributed by atoms with E-state index < -0.39 is 0 Å².